The zero-order valence-electron chi connectivity index (χ0n) is 10.8. The molecule has 1 saturated carbocycles. The number of rotatable bonds is 5. The Kier molecular flexibility index (Phi) is 4.07. The van der Waals surface area contributed by atoms with Crippen LogP contribution in [0.25, 0.3) is 0 Å². The molecule has 0 aromatic carbocycles. The summed E-state index contributed by atoms with van der Waals surface area (Å²) in [5, 5.41) is 12.7. The normalized spacial score (nSPS) is 19.7. The third kappa shape index (κ3) is 2.58. The van der Waals surface area contributed by atoms with Crippen LogP contribution in [0.1, 0.15) is 50.9 Å². The first-order chi connectivity index (χ1) is 8.68. The van der Waals surface area contributed by atoms with Gasteiger partial charge in [-0.3, -0.25) is 4.79 Å². The highest BCUT2D eigenvalue weighted by Crippen LogP contribution is 2.41. The smallest absolute Gasteiger partial charge is 0.226 e. The van der Waals surface area contributed by atoms with E-state index in [1.165, 1.54) is 6.26 Å². The van der Waals surface area contributed by atoms with Crippen molar-refractivity contribution in [2.45, 2.75) is 45.1 Å². The van der Waals surface area contributed by atoms with E-state index >= 15 is 0 Å². The second-order valence-electron chi connectivity index (χ2n) is 5.08. The standard InChI is InChI=1S/C14H21NO3/c1-2-14(7-3-4-8-14)13(17)15-10-11(16)12-6-5-9-18-12/h5-6,9,11,16H,2-4,7-8,10H2,1H3,(H,15,17). The van der Waals surface area contributed by atoms with Gasteiger partial charge in [-0.2, -0.15) is 0 Å². The molecule has 0 radical (unpaired) electrons. The van der Waals surface area contributed by atoms with Gasteiger partial charge in [-0.1, -0.05) is 19.8 Å². The lowest BCUT2D eigenvalue weighted by Crippen LogP contribution is -2.40. The van der Waals surface area contributed by atoms with Crippen molar-refractivity contribution >= 4 is 5.91 Å². The van der Waals surface area contributed by atoms with E-state index in [2.05, 4.69) is 12.2 Å². The molecule has 1 aliphatic rings. The van der Waals surface area contributed by atoms with Gasteiger partial charge in [-0.15, -0.1) is 0 Å². The number of carbonyl (C=O) groups is 1. The largest absolute Gasteiger partial charge is 0.467 e. The Morgan fingerprint density at radius 1 is 1.56 bits per heavy atom. The summed E-state index contributed by atoms with van der Waals surface area (Å²) in [5.41, 5.74) is -0.205. The minimum atomic E-state index is -0.765. The van der Waals surface area contributed by atoms with E-state index in [4.69, 9.17) is 4.42 Å². The average molecular weight is 251 g/mol. The van der Waals surface area contributed by atoms with Crippen LogP contribution in [0.15, 0.2) is 22.8 Å². The van der Waals surface area contributed by atoms with Crippen molar-refractivity contribution in [3.05, 3.63) is 24.2 Å². The highest BCUT2D eigenvalue weighted by atomic mass is 16.4. The molecule has 1 aliphatic carbocycles. The number of nitrogens with one attached hydrogen (secondary N) is 1. The van der Waals surface area contributed by atoms with Gasteiger partial charge in [0.25, 0.3) is 0 Å². The molecule has 18 heavy (non-hydrogen) atoms. The van der Waals surface area contributed by atoms with Crippen LogP contribution in [0.5, 0.6) is 0 Å². The summed E-state index contributed by atoms with van der Waals surface area (Å²) in [6.07, 6.45) is 5.81. The first-order valence-corrected chi connectivity index (χ1v) is 6.68. The topological polar surface area (TPSA) is 62.5 Å². The summed E-state index contributed by atoms with van der Waals surface area (Å²) in [4.78, 5) is 12.2. The van der Waals surface area contributed by atoms with E-state index in [9.17, 15) is 9.90 Å². The molecule has 4 heteroatoms. The van der Waals surface area contributed by atoms with Crippen LogP contribution in [0.2, 0.25) is 0 Å². The molecule has 2 rings (SSSR count). The van der Waals surface area contributed by atoms with Crippen LogP contribution in [-0.4, -0.2) is 17.6 Å². The maximum Gasteiger partial charge on any atom is 0.226 e. The summed E-state index contributed by atoms with van der Waals surface area (Å²) in [7, 11) is 0. The monoisotopic (exact) mass is 251 g/mol. The number of carbonyl (C=O) groups excluding carboxylic acids is 1. The zero-order valence-corrected chi connectivity index (χ0v) is 10.8. The third-order valence-electron chi connectivity index (χ3n) is 4.05. The summed E-state index contributed by atoms with van der Waals surface area (Å²) < 4.78 is 5.10. The molecule has 0 aliphatic heterocycles. The van der Waals surface area contributed by atoms with Crippen LogP contribution in [-0.2, 0) is 4.79 Å². The second kappa shape index (κ2) is 5.57. The number of hydrogen-bond acceptors (Lipinski definition) is 3. The molecule has 1 amide bonds. The summed E-state index contributed by atoms with van der Waals surface area (Å²) in [6.45, 7) is 2.28. The first-order valence-electron chi connectivity index (χ1n) is 6.68. The van der Waals surface area contributed by atoms with E-state index in [1.54, 1.807) is 12.1 Å². The number of furan rings is 1. The highest BCUT2D eigenvalue weighted by molar-refractivity contribution is 5.82. The molecule has 1 aromatic heterocycles. The number of aliphatic hydroxyl groups is 1. The fourth-order valence-electron chi connectivity index (χ4n) is 2.75. The Labute approximate surface area is 107 Å². The third-order valence-corrected chi connectivity index (χ3v) is 4.05. The van der Waals surface area contributed by atoms with Crippen molar-refractivity contribution < 1.29 is 14.3 Å². The van der Waals surface area contributed by atoms with E-state index in [0.717, 1.165) is 32.1 Å². The molecule has 1 aromatic rings. The Morgan fingerprint density at radius 2 is 2.28 bits per heavy atom. The SMILES string of the molecule is CCC1(C(=O)NCC(O)c2ccco2)CCCC1. The molecule has 0 saturated heterocycles. The van der Waals surface area contributed by atoms with E-state index in [1.807, 2.05) is 0 Å². The van der Waals surface area contributed by atoms with Crippen LogP contribution in [0.4, 0.5) is 0 Å². The molecule has 0 spiro atoms. The summed E-state index contributed by atoms with van der Waals surface area (Å²) in [5.74, 6) is 0.570. The first kappa shape index (κ1) is 13.1. The molecule has 1 heterocycles. The van der Waals surface area contributed by atoms with Gasteiger partial charge in [0.05, 0.1) is 12.8 Å². The van der Waals surface area contributed by atoms with Gasteiger partial charge < -0.3 is 14.8 Å². The van der Waals surface area contributed by atoms with Gasteiger partial charge in [0, 0.05) is 5.41 Å². The maximum atomic E-state index is 12.2. The number of hydrogen-bond donors (Lipinski definition) is 2. The van der Waals surface area contributed by atoms with Crippen molar-refractivity contribution in [3.63, 3.8) is 0 Å². The number of aliphatic hydroxyl groups excluding tert-OH is 1. The van der Waals surface area contributed by atoms with Crippen molar-refractivity contribution in [1.82, 2.24) is 5.32 Å². The van der Waals surface area contributed by atoms with Gasteiger partial charge in [0.2, 0.25) is 5.91 Å². The minimum Gasteiger partial charge on any atom is -0.467 e. The van der Waals surface area contributed by atoms with Crippen molar-refractivity contribution in [2.75, 3.05) is 6.54 Å². The average Bonchev–Trinajstić information content (AvgIpc) is 3.06. The van der Waals surface area contributed by atoms with E-state index in [0.29, 0.717) is 5.76 Å². The zero-order chi connectivity index (χ0) is 13.0. The predicted octanol–water partition coefficient (Wildman–Crippen LogP) is 2.40. The Bertz CT molecular complexity index is 380. The van der Waals surface area contributed by atoms with Gasteiger partial charge >= 0.3 is 0 Å². The van der Waals surface area contributed by atoms with Gasteiger partial charge in [-0.25, -0.2) is 0 Å². The van der Waals surface area contributed by atoms with Crippen molar-refractivity contribution in [1.29, 1.82) is 0 Å². The van der Waals surface area contributed by atoms with E-state index < -0.39 is 6.10 Å². The summed E-state index contributed by atoms with van der Waals surface area (Å²) in [6, 6.07) is 3.44. The molecular weight excluding hydrogens is 230 g/mol. The Morgan fingerprint density at radius 3 is 2.83 bits per heavy atom. The van der Waals surface area contributed by atoms with E-state index in [-0.39, 0.29) is 17.9 Å². The lowest BCUT2D eigenvalue weighted by Gasteiger charge is -2.26. The molecular formula is C14H21NO3. The highest BCUT2D eigenvalue weighted by Gasteiger charge is 2.39. The number of amides is 1. The van der Waals surface area contributed by atoms with Crippen LogP contribution in [0.3, 0.4) is 0 Å². The summed E-state index contributed by atoms with van der Waals surface area (Å²) >= 11 is 0. The minimum absolute atomic E-state index is 0.0770. The molecule has 2 N–H and O–H groups in total. The molecule has 100 valence electrons. The van der Waals surface area contributed by atoms with Crippen LogP contribution < -0.4 is 5.32 Å². The fraction of sp³-hybridized carbons (Fsp3) is 0.643. The molecule has 1 atom stereocenters. The van der Waals surface area contributed by atoms with Gasteiger partial charge in [0.1, 0.15) is 11.9 Å². The molecule has 1 unspecified atom stereocenters. The van der Waals surface area contributed by atoms with Gasteiger partial charge in [-0.05, 0) is 31.4 Å². The van der Waals surface area contributed by atoms with Crippen LogP contribution in [0, 0.1) is 5.41 Å². The lowest BCUT2D eigenvalue weighted by atomic mass is 9.82. The Balaban J connectivity index is 1.88. The fourth-order valence-corrected chi connectivity index (χ4v) is 2.75. The Hall–Kier alpha value is -1.29. The van der Waals surface area contributed by atoms with Crippen molar-refractivity contribution in [2.24, 2.45) is 5.41 Å². The quantitative estimate of drug-likeness (QED) is 0.844. The van der Waals surface area contributed by atoms with Gasteiger partial charge in [0.15, 0.2) is 0 Å². The molecule has 1 fully saturated rings. The lowest BCUT2D eigenvalue weighted by molar-refractivity contribution is -0.131. The second-order valence-corrected chi connectivity index (χ2v) is 5.08. The predicted molar refractivity (Wildman–Crippen MR) is 67.9 cm³/mol. The van der Waals surface area contributed by atoms with Crippen LogP contribution >= 0.6 is 0 Å². The van der Waals surface area contributed by atoms with Crippen molar-refractivity contribution in [3.8, 4) is 0 Å². The molecule has 4 nitrogen and oxygen atoms in total. The molecule has 0 bridgehead atoms. The maximum absolute atomic E-state index is 12.2.